The summed E-state index contributed by atoms with van der Waals surface area (Å²) in [6, 6.07) is 16.1. The van der Waals surface area contributed by atoms with Crippen LogP contribution < -0.4 is 15.1 Å². The van der Waals surface area contributed by atoms with Gasteiger partial charge in [-0.1, -0.05) is 30.3 Å². The van der Waals surface area contributed by atoms with Crippen LogP contribution in [0.5, 0.6) is 11.5 Å². The SMILES string of the molecule is COc1cc2cc(CC3CCN(Cc4ccccc4)CC3)oc(=O)c2cc1OC. The summed E-state index contributed by atoms with van der Waals surface area (Å²) < 4.78 is 16.3. The molecule has 0 N–H and O–H groups in total. The topological polar surface area (TPSA) is 51.9 Å². The monoisotopic (exact) mass is 393 g/mol. The minimum atomic E-state index is -0.319. The van der Waals surface area contributed by atoms with Crippen molar-refractivity contribution in [2.75, 3.05) is 27.3 Å². The van der Waals surface area contributed by atoms with E-state index in [9.17, 15) is 4.79 Å². The number of nitrogens with zero attached hydrogens (tertiary/aromatic N) is 1. The van der Waals surface area contributed by atoms with Crippen LogP contribution in [0.25, 0.3) is 10.8 Å². The molecular weight excluding hydrogens is 366 g/mol. The van der Waals surface area contributed by atoms with E-state index in [1.165, 1.54) is 5.56 Å². The lowest BCUT2D eigenvalue weighted by atomic mass is 9.92. The molecule has 3 aromatic rings. The molecule has 0 unspecified atom stereocenters. The third-order valence-corrected chi connectivity index (χ3v) is 5.76. The standard InChI is InChI=1S/C24H27NO4/c1-27-22-14-19-13-20(29-24(26)21(19)15-23(22)28-2)12-17-8-10-25(11-9-17)16-18-6-4-3-5-7-18/h3-7,13-15,17H,8-12,16H2,1-2H3. The van der Waals surface area contributed by atoms with Crippen LogP contribution in [0, 0.1) is 5.92 Å². The summed E-state index contributed by atoms with van der Waals surface area (Å²) in [5.41, 5.74) is 1.04. The maximum atomic E-state index is 12.5. The average molecular weight is 393 g/mol. The van der Waals surface area contributed by atoms with Crippen molar-refractivity contribution >= 4 is 10.8 Å². The van der Waals surface area contributed by atoms with Gasteiger partial charge in [-0.05, 0) is 61.0 Å². The first-order valence-electron chi connectivity index (χ1n) is 10.1. The molecule has 2 heterocycles. The molecule has 0 bridgehead atoms. The van der Waals surface area contributed by atoms with Crippen LogP contribution in [0.3, 0.4) is 0 Å². The van der Waals surface area contributed by atoms with Crippen LogP contribution in [0.2, 0.25) is 0 Å². The Morgan fingerprint density at radius 2 is 1.69 bits per heavy atom. The number of hydrogen-bond donors (Lipinski definition) is 0. The summed E-state index contributed by atoms with van der Waals surface area (Å²) >= 11 is 0. The summed E-state index contributed by atoms with van der Waals surface area (Å²) in [7, 11) is 3.16. The van der Waals surface area contributed by atoms with Crippen molar-refractivity contribution in [3.8, 4) is 11.5 Å². The lowest BCUT2D eigenvalue weighted by Crippen LogP contribution is -2.33. The summed E-state index contributed by atoms with van der Waals surface area (Å²) in [5, 5.41) is 1.35. The van der Waals surface area contributed by atoms with Gasteiger partial charge in [-0.2, -0.15) is 0 Å². The van der Waals surface area contributed by atoms with Crippen molar-refractivity contribution in [1.82, 2.24) is 4.90 Å². The molecule has 1 aliphatic rings. The van der Waals surface area contributed by atoms with Crippen molar-refractivity contribution in [2.24, 2.45) is 5.92 Å². The number of hydrogen-bond acceptors (Lipinski definition) is 5. The highest BCUT2D eigenvalue weighted by Gasteiger charge is 2.21. The zero-order chi connectivity index (χ0) is 20.2. The maximum Gasteiger partial charge on any atom is 0.343 e. The molecule has 2 aromatic carbocycles. The first kappa shape index (κ1) is 19.5. The van der Waals surface area contributed by atoms with Crippen molar-refractivity contribution in [3.05, 3.63) is 70.3 Å². The van der Waals surface area contributed by atoms with Crippen molar-refractivity contribution in [2.45, 2.75) is 25.8 Å². The van der Waals surface area contributed by atoms with Crippen molar-refractivity contribution in [3.63, 3.8) is 0 Å². The van der Waals surface area contributed by atoms with Gasteiger partial charge in [0.2, 0.25) is 0 Å². The fourth-order valence-corrected chi connectivity index (χ4v) is 4.14. The van der Waals surface area contributed by atoms with Crippen LogP contribution in [0.4, 0.5) is 0 Å². The molecule has 1 saturated heterocycles. The second kappa shape index (κ2) is 8.70. The Labute approximate surface area is 170 Å². The van der Waals surface area contributed by atoms with Gasteiger partial charge >= 0.3 is 5.63 Å². The average Bonchev–Trinajstić information content (AvgIpc) is 2.75. The highest BCUT2D eigenvalue weighted by Crippen LogP contribution is 2.32. The third-order valence-electron chi connectivity index (χ3n) is 5.76. The molecule has 0 aliphatic carbocycles. The molecule has 0 atom stereocenters. The van der Waals surface area contributed by atoms with E-state index in [0.29, 0.717) is 22.8 Å². The molecule has 1 aliphatic heterocycles. The lowest BCUT2D eigenvalue weighted by Gasteiger charge is -2.31. The largest absolute Gasteiger partial charge is 0.493 e. The normalized spacial score (nSPS) is 15.5. The highest BCUT2D eigenvalue weighted by molar-refractivity contribution is 5.85. The van der Waals surface area contributed by atoms with Crippen LogP contribution in [-0.2, 0) is 13.0 Å². The summed E-state index contributed by atoms with van der Waals surface area (Å²) in [6.07, 6.45) is 3.01. The van der Waals surface area contributed by atoms with Crippen LogP contribution >= 0.6 is 0 Å². The predicted molar refractivity (Wildman–Crippen MR) is 114 cm³/mol. The van der Waals surface area contributed by atoms with E-state index in [1.807, 2.05) is 12.1 Å². The minimum Gasteiger partial charge on any atom is -0.493 e. The Bertz CT molecular complexity index is 1020. The van der Waals surface area contributed by atoms with Gasteiger partial charge in [0.05, 0.1) is 19.6 Å². The van der Waals surface area contributed by atoms with E-state index in [-0.39, 0.29) is 5.63 Å². The molecule has 0 amide bonds. The fourth-order valence-electron chi connectivity index (χ4n) is 4.14. The molecule has 4 rings (SSSR count). The first-order valence-corrected chi connectivity index (χ1v) is 10.1. The summed E-state index contributed by atoms with van der Waals surface area (Å²) in [6.45, 7) is 3.14. The number of likely N-dealkylation sites (tertiary alicyclic amines) is 1. The highest BCUT2D eigenvalue weighted by atomic mass is 16.5. The fraction of sp³-hybridized carbons (Fsp3) is 0.375. The van der Waals surface area contributed by atoms with E-state index < -0.39 is 0 Å². The van der Waals surface area contributed by atoms with Gasteiger partial charge < -0.3 is 13.9 Å². The van der Waals surface area contributed by atoms with Crippen LogP contribution in [0.1, 0.15) is 24.2 Å². The smallest absolute Gasteiger partial charge is 0.343 e. The second-order valence-corrected chi connectivity index (χ2v) is 7.70. The molecule has 5 nitrogen and oxygen atoms in total. The number of fused-ring (bicyclic) bond motifs is 1. The van der Waals surface area contributed by atoms with Gasteiger partial charge in [0.15, 0.2) is 11.5 Å². The second-order valence-electron chi connectivity index (χ2n) is 7.70. The summed E-state index contributed by atoms with van der Waals surface area (Å²) in [4.78, 5) is 15.0. The first-order chi connectivity index (χ1) is 14.2. The van der Waals surface area contributed by atoms with Crippen LogP contribution in [-0.4, -0.2) is 32.2 Å². The van der Waals surface area contributed by atoms with E-state index in [1.54, 1.807) is 20.3 Å². The zero-order valence-corrected chi connectivity index (χ0v) is 17.0. The molecule has 152 valence electrons. The molecule has 5 heteroatoms. The van der Waals surface area contributed by atoms with E-state index in [4.69, 9.17) is 13.9 Å². The Morgan fingerprint density at radius 1 is 1.00 bits per heavy atom. The molecule has 1 fully saturated rings. The minimum absolute atomic E-state index is 0.319. The van der Waals surface area contributed by atoms with Crippen molar-refractivity contribution in [1.29, 1.82) is 0 Å². The Kier molecular flexibility index (Phi) is 5.86. The van der Waals surface area contributed by atoms with Gasteiger partial charge in [0.1, 0.15) is 5.76 Å². The number of benzene rings is 2. The Hall–Kier alpha value is -2.79. The predicted octanol–water partition coefficient (Wildman–Crippen LogP) is 4.26. The van der Waals surface area contributed by atoms with Crippen LogP contribution in [0.15, 0.2) is 57.7 Å². The van der Waals surface area contributed by atoms with E-state index in [2.05, 4.69) is 35.2 Å². The maximum absolute atomic E-state index is 12.5. The Morgan fingerprint density at radius 3 is 2.38 bits per heavy atom. The molecule has 1 aromatic heterocycles. The van der Waals surface area contributed by atoms with Gasteiger partial charge in [0, 0.05) is 13.0 Å². The number of rotatable bonds is 6. The third kappa shape index (κ3) is 4.46. The zero-order valence-electron chi connectivity index (χ0n) is 17.0. The number of ether oxygens (including phenoxy) is 2. The Balaban J connectivity index is 1.44. The van der Waals surface area contributed by atoms with Gasteiger partial charge in [-0.3, -0.25) is 4.90 Å². The molecule has 29 heavy (non-hydrogen) atoms. The molecule has 0 spiro atoms. The van der Waals surface area contributed by atoms with E-state index >= 15 is 0 Å². The lowest BCUT2D eigenvalue weighted by molar-refractivity contribution is 0.173. The number of methoxy groups -OCH3 is 2. The molecule has 0 radical (unpaired) electrons. The van der Waals surface area contributed by atoms with Gasteiger partial charge in [-0.15, -0.1) is 0 Å². The molecule has 0 saturated carbocycles. The van der Waals surface area contributed by atoms with Gasteiger partial charge in [0.25, 0.3) is 0 Å². The van der Waals surface area contributed by atoms with Crippen molar-refractivity contribution < 1.29 is 13.9 Å². The van der Waals surface area contributed by atoms with E-state index in [0.717, 1.165) is 50.0 Å². The van der Waals surface area contributed by atoms with Gasteiger partial charge in [-0.25, -0.2) is 4.79 Å². The molecular formula is C24H27NO4. The quantitative estimate of drug-likeness (QED) is 0.626. The summed E-state index contributed by atoms with van der Waals surface area (Å²) in [5.74, 6) is 2.43. The number of piperidine rings is 1.